The molecule has 0 aliphatic heterocycles. The summed E-state index contributed by atoms with van der Waals surface area (Å²) in [5.74, 6) is 0.927. The van der Waals surface area contributed by atoms with E-state index in [0.29, 0.717) is 12.1 Å². The third kappa shape index (κ3) is 3.60. The van der Waals surface area contributed by atoms with Gasteiger partial charge in [0.25, 0.3) is 0 Å². The Morgan fingerprint density at radius 1 is 1.41 bits per heavy atom. The lowest BCUT2D eigenvalue weighted by molar-refractivity contribution is 0.132. The number of hydrogen-bond acceptors (Lipinski definition) is 3. The standard InChI is InChI=1S/C13H20N2O.ClH/c1-15(12-7-11(14)8-12)9-10-4-3-5-13(6-10)16-2;/h3-6,11-12H,7-9,14H2,1-2H3;1H. The van der Waals surface area contributed by atoms with Gasteiger partial charge in [0.1, 0.15) is 5.75 Å². The molecular formula is C13H21ClN2O. The quantitative estimate of drug-likeness (QED) is 0.896. The number of nitrogens with zero attached hydrogens (tertiary/aromatic N) is 1. The molecule has 4 heteroatoms. The summed E-state index contributed by atoms with van der Waals surface area (Å²) in [5, 5.41) is 0. The molecule has 0 heterocycles. The van der Waals surface area contributed by atoms with Crippen molar-refractivity contribution < 1.29 is 4.74 Å². The summed E-state index contributed by atoms with van der Waals surface area (Å²) in [5.41, 5.74) is 7.09. The van der Waals surface area contributed by atoms with Gasteiger partial charge in [0.15, 0.2) is 0 Å². The molecule has 0 atom stereocenters. The van der Waals surface area contributed by atoms with Crippen LogP contribution in [0.4, 0.5) is 0 Å². The van der Waals surface area contributed by atoms with Crippen LogP contribution in [0.25, 0.3) is 0 Å². The predicted octanol–water partition coefficient (Wildman–Crippen LogP) is 2.04. The van der Waals surface area contributed by atoms with Crippen molar-refractivity contribution >= 4 is 12.4 Å². The molecule has 1 aromatic rings. The average molecular weight is 257 g/mol. The van der Waals surface area contributed by atoms with E-state index in [1.165, 1.54) is 5.56 Å². The normalized spacial score (nSPS) is 22.8. The number of hydrogen-bond donors (Lipinski definition) is 1. The van der Waals surface area contributed by atoms with Gasteiger partial charge in [0.2, 0.25) is 0 Å². The second-order valence-corrected chi connectivity index (χ2v) is 4.65. The third-order valence-corrected chi connectivity index (χ3v) is 3.34. The van der Waals surface area contributed by atoms with Gasteiger partial charge in [-0.2, -0.15) is 0 Å². The molecule has 2 N–H and O–H groups in total. The minimum Gasteiger partial charge on any atom is -0.497 e. The van der Waals surface area contributed by atoms with Crippen molar-refractivity contribution in [3.63, 3.8) is 0 Å². The Morgan fingerprint density at radius 2 is 2.12 bits per heavy atom. The maximum atomic E-state index is 5.80. The summed E-state index contributed by atoms with van der Waals surface area (Å²) in [6, 6.07) is 9.31. The molecule has 1 aliphatic rings. The molecule has 17 heavy (non-hydrogen) atoms. The highest BCUT2D eigenvalue weighted by Crippen LogP contribution is 2.24. The second-order valence-electron chi connectivity index (χ2n) is 4.65. The summed E-state index contributed by atoms with van der Waals surface area (Å²) in [7, 11) is 3.86. The van der Waals surface area contributed by atoms with Crippen molar-refractivity contribution in [3.05, 3.63) is 29.8 Å². The van der Waals surface area contributed by atoms with Crippen molar-refractivity contribution in [1.82, 2.24) is 4.90 Å². The van der Waals surface area contributed by atoms with Crippen LogP contribution in [0.2, 0.25) is 0 Å². The van der Waals surface area contributed by atoms with E-state index < -0.39 is 0 Å². The molecule has 2 rings (SSSR count). The first-order valence-corrected chi connectivity index (χ1v) is 5.78. The molecule has 0 saturated heterocycles. The molecule has 1 aromatic carbocycles. The first-order valence-electron chi connectivity index (χ1n) is 5.78. The van der Waals surface area contributed by atoms with Crippen LogP contribution in [0.3, 0.4) is 0 Å². The highest BCUT2D eigenvalue weighted by molar-refractivity contribution is 5.85. The van der Waals surface area contributed by atoms with E-state index in [1.807, 2.05) is 12.1 Å². The van der Waals surface area contributed by atoms with E-state index in [9.17, 15) is 0 Å². The molecule has 96 valence electrons. The number of methoxy groups -OCH3 is 1. The van der Waals surface area contributed by atoms with Crippen molar-refractivity contribution in [2.45, 2.75) is 31.5 Å². The lowest BCUT2D eigenvalue weighted by Gasteiger charge is -2.39. The van der Waals surface area contributed by atoms with E-state index in [1.54, 1.807) is 7.11 Å². The van der Waals surface area contributed by atoms with Gasteiger partial charge in [-0.1, -0.05) is 12.1 Å². The van der Waals surface area contributed by atoms with Gasteiger partial charge in [-0.05, 0) is 37.6 Å². The van der Waals surface area contributed by atoms with Gasteiger partial charge in [0.05, 0.1) is 7.11 Å². The highest BCUT2D eigenvalue weighted by Gasteiger charge is 2.28. The molecule has 0 bridgehead atoms. The predicted molar refractivity (Wildman–Crippen MR) is 72.7 cm³/mol. The number of rotatable bonds is 4. The maximum Gasteiger partial charge on any atom is 0.119 e. The largest absolute Gasteiger partial charge is 0.497 e. The molecule has 1 aliphatic carbocycles. The lowest BCUT2D eigenvalue weighted by Crippen LogP contribution is -2.48. The average Bonchev–Trinajstić information content (AvgIpc) is 2.25. The Labute approximate surface area is 109 Å². The Kier molecular flexibility index (Phi) is 5.25. The molecule has 0 amide bonds. The second kappa shape index (κ2) is 6.24. The maximum absolute atomic E-state index is 5.80. The zero-order valence-electron chi connectivity index (χ0n) is 10.4. The molecule has 1 fully saturated rings. The van der Waals surface area contributed by atoms with Gasteiger partial charge < -0.3 is 10.5 Å². The molecule has 0 aromatic heterocycles. The Morgan fingerprint density at radius 3 is 2.71 bits per heavy atom. The van der Waals surface area contributed by atoms with Crippen LogP contribution in [0.15, 0.2) is 24.3 Å². The fraction of sp³-hybridized carbons (Fsp3) is 0.538. The summed E-state index contributed by atoms with van der Waals surface area (Å²) >= 11 is 0. The van der Waals surface area contributed by atoms with Crippen LogP contribution in [0, 0.1) is 0 Å². The van der Waals surface area contributed by atoms with Crippen LogP contribution in [-0.2, 0) is 6.54 Å². The van der Waals surface area contributed by atoms with Gasteiger partial charge in [-0.15, -0.1) is 12.4 Å². The minimum atomic E-state index is 0. The minimum absolute atomic E-state index is 0. The molecule has 0 unspecified atom stereocenters. The van der Waals surface area contributed by atoms with Crippen LogP contribution in [0.5, 0.6) is 5.75 Å². The van der Waals surface area contributed by atoms with Gasteiger partial charge in [-0.25, -0.2) is 0 Å². The fourth-order valence-corrected chi connectivity index (χ4v) is 2.18. The van der Waals surface area contributed by atoms with Gasteiger partial charge in [0, 0.05) is 18.6 Å². The molecule has 1 saturated carbocycles. The number of nitrogens with two attached hydrogens (primary N) is 1. The van der Waals surface area contributed by atoms with Crippen molar-refractivity contribution in [1.29, 1.82) is 0 Å². The monoisotopic (exact) mass is 256 g/mol. The SMILES string of the molecule is COc1cccc(CN(C)C2CC(N)C2)c1.Cl. The molecular weight excluding hydrogens is 236 g/mol. The van der Waals surface area contributed by atoms with Crippen LogP contribution >= 0.6 is 12.4 Å². The summed E-state index contributed by atoms with van der Waals surface area (Å²) in [6.07, 6.45) is 2.25. The van der Waals surface area contributed by atoms with E-state index >= 15 is 0 Å². The number of ether oxygens (including phenoxy) is 1. The van der Waals surface area contributed by atoms with E-state index in [0.717, 1.165) is 25.1 Å². The summed E-state index contributed by atoms with van der Waals surface area (Å²) in [6.45, 7) is 0.967. The van der Waals surface area contributed by atoms with E-state index in [4.69, 9.17) is 10.5 Å². The lowest BCUT2D eigenvalue weighted by atomic mass is 9.86. The fourth-order valence-electron chi connectivity index (χ4n) is 2.18. The Bertz CT molecular complexity index is 353. The topological polar surface area (TPSA) is 38.5 Å². The zero-order chi connectivity index (χ0) is 11.5. The first-order chi connectivity index (χ1) is 7.69. The van der Waals surface area contributed by atoms with Crippen molar-refractivity contribution in [2.24, 2.45) is 5.73 Å². The van der Waals surface area contributed by atoms with E-state index in [-0.39, 0.29) is 12.4 Å². The summed E-state index contributed by atoms with van der Waals surface area (Å²) < 4.78 is 5.22. The highest BCUT2D eigenvalue weighted by atomic mass is 35.5. The van der Waals surface area contributed by atoms with Gasteiger partial charge >= 0.3 is 0 Å². The van der Waals surface area contributed by atoms with Crippen molar-refractivity contribution in [2.75, 3.05) is 14.2 Å². The Balaban J connectivity index is 0.00000144. The molecule has 3 nitrogen and oxygen atoms in total. The third-order valence-electron chi connectivity index (χ3n) is 3.34. The zero-order valence-corrected chi connectivity index (χ0v) is 11.2. The smallest absolute Gasteiger partial charge is 0.119 e. The van der Waals surface area contributed by atoms with Crippen LogP contribution in [-0.4, -0.2) is 31.1 Å². The summed E-state index contributed by atoms with van der Waals surface area (Å²) in [4.78, 5) is 2.37. The van der Waals surface area contributed by atoms with Gasteiger partial charge in [-0.3, -0.25) is 4.90 Å². The van der Waals surface area contributed by atoms with Crippen molar-refractivity contribution in [3.8, 4) is 5.75 Å². The van der Waals surface area contributed by atoms with Crippen LogP contribution < -0.4 is 10.5 Å². The molecule has 0 spiro atoms. The number of halogens is 1. The van der Waals surface area contributed by atoms with Crippen LogP contribution in [0.1, 0.15) is 18.4 Å². The van der Waals surface area contributed by atoms with E-state index in [2.05, 4.69) is 24.1 Å². The first kappa shape index (κ1) is 14.3. The Hall–Kier alpha value is -0.770. The molecule has 0 radical (unpaired) electrons. The number of benzene rings is 1.